The molecule has 0 amide bonds. The van der Waals surface area contributed by atoms with Crippen molar-refractivity contribution < 1.29 is 18.3 Å². The third-order valence-corrected chi connectivity index (χ3v) is 4.05. The summed E-state index contributed by atoms with van der Waals surface area (Å²) in [6.07, 6.45) is 1.72. The Kier molecular flexibility index (Phi) is 5.65. The van der Waals surface area contributed by atoms with Crippen LogP contribution in [0.15, 0.2) is 24.3 Å². The molecule has 2 rings (SSSR count). The third-order valence-electron chi connectivity index (χ3n) is 4.05. The van der Waals surface area contributed by atoms with E-state index in [9.17, 15) is 18.3 Å². The van der Waals surface area contributed by atoms with Gasteiger partial charge in [-0.2, -0.15) is 13.2 Å². The highest BCUT2D eigenvalue weighted by Gasteiger charge is 2.30. The molecule has 118 valence electrons. The van der Waals surface area contributed by atoms with Gasteiger partial charge in [0, 0.05) is 12.6 Å². The Hall–Kier alpha value is -1.07. The highest BCUT2D eigenvalue weighted by atomic mass is 19.4. The lowest BCUT2D eigenvalue weighted by atomic mass is 10.0. The summed E-state index contributed by atoms with van der Waals surface area (Å²) in [7, 11) is 0. The molecule has 5 heteroatoms. The average Bonchev–Trinajstić information content (AvgIpc) is 2.72. The van der Waals surface area contributed by atoms with Crippen molar-refractivity contribution in [1.29, 1.82) is 0 Å². The van der Waals surface area contributed by atoms with Gasteiger partial charge in [-0.3, -0.25) is 0 Å². The van der Waals surface area contributed by atoms with Crippen molar-refractivity contribution in [2.45, 2.75) is 56.8 Å². The summed E-state index contributed by atoms with van der Waals surface area (Å²) in [4.78, 5) is 0. The van der Waals surface area contributed by atoms with Crippen molar-refractivity contribution >= 4 is 0 Å². The molecule has 21 heavy (non-hydrogen) atoms. The molecule has 0 heterocycles. The second-order valence-electron chi connectivity index (χ2n) is 5.74. The van der Waals surface area contributed by atoms with E-state index >= 15 is 0 Å². The Bertz CT molecular complexity index is 439. The maximum Gasteiger partial charge on any atom is 0.416 e. The smallest absolute Gasteiger partial charge is 0.387 e. The van der Waals surface area contributed by atoms with Crippen LogP contribution >= 0.6 is 0 Å². The zero-order valence-corrected chi connectivity index (χ0v) is 12.0. The molecule has 2 N–H and O–H groups in total. The Balaban J connectivity index is 1.92. The highest BCUT2D eigenvalue weighted by molar-refractivity contribution is 5.27. The molecule has 0 aromatic heterocycles. The van der Waals surface area contributed by atoms with E-state index in [-0.39, 0.29) is 0 Å². The minimum atomic E-state index is -4.37. The van der Waals surface area contributed by atoms with E-state index in [4.69, 9.17) is 0 Å². The highest BCUT2D eigenvalue weighted by Crippen LogP contribution is 2.30. The van der Waals surface area contributed by atoms with E-state index in [0.717, 1.165) is 25.0 Å². The van der Waals surface area contributed by atoms with Crippen molar-refractivity contribution in [3.63, 3.8) is 0 Å². The first-order valence-corrected chi connectivity index (χ1v) is 7.55. The minimum Gasteiger partial charge on any atom is -0.387 e. The van der Waals surface area contributed by atoms with E-state index in [0.29, 0.717) is 18.2 Å². The molecule has 1 aliphatic rings. The molecule has 1 aromatic carbocycles. The van der Waals surface area contributed by atoms with Crippen molar-refractivity contribution in [2.75, 3.05) is 6.54 Å². The van der Waals surface area contributed by atoms with Gasteiger partial charge in [0.05, 0.1) is 11.7 Å². The summed E-state index contributed by atoms with van der Waals surface area (Å²) in [6.45, 7) is 0.298. The lowest BCUT2D eigenvalue weighted by Gasteiger charge is -2.20. The third kappa shape index (κ3) is 5.00. The van der Waals surface area contributed by atoms with E-state index in [2.05, 4.69) is 5.32 Å². The predicted octanol–water partition coefficient (Wildman–Crippen LogP) is 4.05. The molecule has 1 atom stereocenters. The number of rotatable bonds is 4. The number of aliphatic hydroxyl groups excluding tert-OH is 1. The van der Waals surface area contributed by atoms with E-state index in [1.807, 2.05) is 0 Å². The van der Waals surface area contributed by atoms with Crippen LogP contribution in [-0.2, 0) is 6.18 Å². The van der Waals surface area contributed by atoms with Gasteiger partial charge in [0.25, 0.3) is 0 Å². The standard InChI is InChI=1S/C16H22F3NO/c17-16(18,19)13-7-5-6-12(10-13)15(21)11-20-14-8-3-1-2-4-9-14/h5-7,10,14-15,20-21H,1-4,8-9,11H2. The molecule has 0 bridgehead atoms. The quantitative estimate of drug-likeness (QED) is 0.822. The molecule has 1 saturated carbocycles. The van der Waals surface area contributed by atoms with Crippen LogP contribution < -0.4 is 5.32 Å². The molecule has 1 fully saturated rings. The maximum absolute atomic E-state index is 12.7. The molecule has 1 aromatic rings. The molecule has 0 spiro atoms. The first-order valence-electron chi connectivity index (χ1n) is 7.55. The fourth-order valence-corrected chi connectivity index (χ4v) is 2.80. The van der Waals surface area contributed by atoms with E-state index in [1.54, 1.807) is 0 Å². The van der Waals surface area contributed by atoms with Gasteiger partial charge in [-0.15, -0.1) is 0 Å². The van der Waals surface area contributed by atoms with Crippen molar-refractivity contribution in [2.24, 2.45) is 0 Å². The fourth-order valence-electron chi connectivity index (χ4n) is 2.80. The molecule has 1 aliphatic carbocycles. The summed E-state index contributed by atoms with van der Waals surface area (Å²) in [6, 6.07) is 5.30. The fraction of sp³-hybridized carbons (Fsp3) is 0.625. The Morgan fingerprint density at radius 3 is 2.43 bits per heavy atom. The summed E-state index contributed by atoms with van der Waals surface area (Å²) in [5.41, 5.74) is -0.403. The monoisotopic (exact) mass is 301 g/mol. The second kappa shape index (κ2) is 7.27. The van der Waals surface area contributed by atoms with E-state index < -0.39 is 17.8 Å². The Morgan fingerprint density at radius 1 is 1.14 bits per heavy atom. The Labute approximate surface area is 123 Å². The first-order chi connectivity index (χ1) is 9.97. The summed E-state index contributed by atoms with van der Waals surface area (Å²) < 4.78 is 38.0. The van der Waals surface area contributed by atoms with Gasteiger partial charge in [-0.25, -0.2) is 0 Å². The van der Waals surface area contributed by atoms with Crippen LogP contribution in [0.5, 0.6) is 0 Å². The summed E-state index contributed by atoms with van der Waals surface area (Å²) in [5, 5.41) is 13.4. The minimum absolute atomic E-state index is 0.298. The normalized spacial score (nSPS) is 19.2. The number of benzene rings is 1. The van der Waals surface area contributed by atoms with Crippen molar-refractivity contribution in [1.82, 2.24) is 5.32 Å². The molecule has 1 unspecified atom stereocenters. The topological polar surface area (TPSA) is 32.3 Å². The lowest BCUT2D eigenvalue weighted by Crippen LogP contribution is -2.32. The zero-order chi connectivity index (χ0) is 15.3. The number of nitrogens with one attached hydrogen (secondary N) is 1. The van der Waals surface area contributed by atoms with Crippen LogP contribution in [0.1, 0.15) is 55.8 Å². The zero-order valence-electron chi connectivity index (χ0n) is 12.0. The molecular formula is C16H22F3NO. The summed E-state index contributed by atoms with van der Waals surface area (Å²) >= 11 is 0. The SMILES string of the molecule is OC(CNC1CCCCCC1)c1cccc(C(F)(F)F)c1. The predicted molar refractivity (Wildman–Crippen MR) is 75.9 cm³/mol. The van der Waals surface area contributed by atoms with Crippen molar-refractivity contribution in [3.05, 3.63) is 35.4 Å². The van der Waals surface area contributed by atoms with Crippen LogP contribution in [-0.4, -0.2) is 17.7 Å². The van der Waals surface area contributed by atoms with Gasteiger partial charge in [-0.05, 0) is 30.5 Å². The first kappa shape index (κ1) is 16.3. The number of hydrogen-bond acceptors (Lipinski definition) is 2. The van der Waals surface area contributed by atoms with Gasteiger partial charge in [0.15, 0.2) is 0 Å². The van der Waals surface area contributed by atoms with E-state index in [1.165, 1.54) is 37.8 Å². The van der Waals surface area contributed by atoms with Gasteiger partial charge >= 0.3 is 6.18 Å². The molecule has 0 saturated heterocycles. The molecule has 0 radical (unpaired) electrons. The van der Waals surface area contributed by atoms with Crippen molar-refractivity contribution in [3.8, 4) is 0 Å². The lowest BCUT2D eigenvalue weighted by molar-refractivity contribution is -0.137. The van der Waals surface area contributed by atoms with Crippen LogP contribution in [0.3, 0.4) is 0 Å². The average molecular weight is 301 g/mol. The summed E-state index contributed by atoms with van der Waals surface area (Å²) in [5.74, 6) is 0. The number of aliphatic hydroxyl groups is 1. The van der Waals surface area contributed by atoms with Crippen LogP contribution in [0.2, 0.25) is 0 Å². The van der Waals surface area contributed by atoms with Gasteiger partial charge in [0.2, 0.25) is 0 Å². The van der Waals surface area contributed by atoms with Crippen LogP contribution in [0.25, 0.3) is 0 Å². The van der Waals surface area contributed by atoms with Gasteiger partial charge in [-0.1, -0.05) is 37.8 Å². The second-order valence-corrected chi connectivity index (χ2v) is 5.74. The number of hydrogen-bond donors (Lipinski definition) is 2. The number of halogens is 3. The largest absolute Gasteiger partial charge is 0.416 e. The molecule has 0 aliphatic heterocycles. The van der Waals surface area contributed by atoms with Crippen LogP contribution in [0.4, 0.5) is 13.2 Å². The van der Waals surface area contributed by atoms with Crippen LogP contribution in [0, 0.1) is 0 Å². The Morgan fingerprint density at radius 2 is 1.81 bits per heavy atom. The maximum atomic E-state index is 12.7. The van der Waals surface area contributed by atoms with Gasteiger partial charge < -0.3 is 10.4 Å². The molecule has 2 nitrogen and oxygen atoms in total. The molecular weight excluding hydrogens is 279 g/mol. The number of alkyl halides is 3. The van der Waals surface area contributed by atoms with Gasteiger partial charge in [0.1, 0.15) is 0 Å².